The SMILES string of the molecule is COc1ccc([C@@H](C)N(C)C2CCCc3[nH]c(=O)c4cc(F)c(F)cc4c32)cc1. The standard InChI is InChI=1S/C23H24F2N2O2/c1-13(14-7-9-15(29-3)10-8-14)27(2)21-6-4-5-20-22(21)16-11-18(24)19(25)12-17(16)23(28)26-20/h7-13,21H,4-6H2,1-3H3,(H,26,28)/t13-,21?/m1/s1. The minimum atomic E-state index is -1.00. The molecule has 0 fully saturated rings. The van der Waals surface area contributed by atoms with E-state index in [9.17, 15) is 13.6 Å². The minimum absolute atomic E-state index is 0.0138. The summed E-state index contributed by atoms with van der Waals surface area (Å²) in [5.41, 5.74) is 2.47. The maximum atomic E-state index is 14.1. The van der Waals surface area contributed by atoms with Gasteiger partial charge in [0.25, 0.3) is 5.56 Å². The van der Waals surface area contributed by atoms with Crippen LogP contribution in [0.25, 0.3) is 10.8 Å². The van der Waals surface area contributed by atoms with Gasteiger partial charge in [-0.2, -0.15) is 0 Å². The van der Waals surface area contributed by atoms with Crippen LogP contribution in [-0.4, -0.2) is 24.0 Å². The molecule has 0 saturated heterocycles. The van der Waals surface area contributed by atoms with E-state index in [2.05, 4.69) is 16.8 Å². The zero-order valence-corrected chi connectivity index (χ0v) is 16.8. The van der Waals surface area contributed by atoms with Crippen LogP contribution in [0.4, 0.5) is 8.78 Å². The van der Waals surface area contributed by atoms with E-state index in [1.54, 1.807) is 7.11 Å². The van der Waals surface area contributed by atoms with Crippen LogP contribution in [0.2, 0.25) is 0 Å². The third-order valence-corrected chi connectivity index (χ3v) is 6.12. The highest BCUT2D eigenvalue weighted by atomic mass is 19.2. The maximum absolute atomic E-state index is 14.1. The second kappa shape index (κ2) is 7.59. The van der Waals surface area contributed by atoms with Crippen LogP contribution in [0.5, 0.6) is 5.75 Å². The Bertz CT molecular complexity index is 1110. The van der Waals surface area contributed by atoms with E-state index in [0.29, 0.717) is 5.39 Å². The topological polar surface area (TPSA) is 45.3 Å². The van der Waals surface area contributed by atoms with Gasteiger partial charge in [-0.15, -0.1) is 0 Å². The highest BCUT2D eigenvalue weighted by Gasteiger charge is 2.30. The molecule has 1 aliphatic rings. The molecule has 0 bridgehead atoms. The fraction of sp³-hybridized carbons (Fsp3) is 0.348. The average Bonchev–Trinajstić information content (AvgIpc) is 2.73. The van der Waals surface area contributed by atoms with E-state index in [1.165, 1.54) is 6.07 Å². The number of pyridine rings is 1. The molecule has 1 unspecified atom stereocenters. The molecule has 6 heteroatoms. The molecule has 1 aliphatic carbocycles. The summed E-state index contributed by atoms with van der Waals surface area (Å²) >= 11 is 0. The van der Waals surface area contributed by atoms with Gasteiger partial charge in [-0.05, 0) is 74.0 Å². The molecule has 0 saturated carbocycles. The lowest BCUT2D eigenvalue weighted by molar-refractivity contribution is 0.168. The highest BCUT2D eigenvalue weighted by molar-refractivity contribution is 5.86. The number of nitrogens with zero attached hydrogens (tertiary/aromatic N) is 1. The number of benzene rings is 2. The Kier molecular flexibility index (Phi) is 5.13. The van der Waals surface area contributed by atoms with Crippen molar-refractivity contribution in [2.75, 3.05) is 14.2 Å². The van der Waals surface area contributed by atoms with Crippen molar-refractivity contribution in [2.24, 2.45) is 0 Å². The summed E-state index contributed by atoms with van der Waals surface area (Å²) in [6.07, 6.45) is 2.52. The van der Waals surface area contributed by atoms with Gasteiger partial charge in [-0.1, -0.05) is 12.1 Å². The van der Waals surface area contributed by atoms with Gasteiger partial charge >= 0.3 is 0 Å². The summed E-state index contributed by atoms with van der Waals surface area (Å²) in [7, 11) is 3.67. The first kappa shape index (κ1) is 19.6. The van der Waals surface area contributed by atoms with Gasteiger partial charge in [0, 0.05) is 17.8 Å². The molecule has 1 N–H and O–H groups in total. The Morgan fingerprint density at radius 3 is 2.45 bits per heavy atom. The van der Waals surface area contributed by atoms with Crippen molar-refractivity contribution in [3.8, 4) is 5.75 Å². The average molecular weight is 398 g/mol. The number of ether oxygens (including phenoxy) is 1. The van der Waals surface area contributed by atoms with E-state index in [4.69, 9.17) is 4.74 Å². The number of halogens is 2. The number of nitrogens with one attached hydrogen (secondary N) is 1. The molecule has 3 aromatic rings. The Hall–Kier alpha value is -2.73. The molecule has 0 spiro atoms. The molecule has 29 heavy (non-hydrogen) atoms. The van der Waals surface area contributed by atoms with Gasteiger partial charge in [-0.3, -0.25) is 9.69 Å². The number of aromatic amines is 1. The van der Waals surface area contributed by atoms with Crippen molar-refractivity contribution in [3.63, 3.8) is 0 Å². The Balaban J connectivity index is 1.80. The zero-order chi connectivity index (χ0) is 20.7. The van der Waals surface area contributed by atoms with Crippen LogP contribution in [0.3, 0.4) is 0 Å². The van der Waals surface area contributed by atoms with Gasteiger partial charge < -0.3 is 9.72 Å². The first-order valence-corrected chi connectivity index (χ1v) is 9.80. The number of hydrogen-bond donors (Lipinski definition) is 1. The molecule has 0 amide bonds. The van der Waals surface area contributed by atoms with Gasteiger partial charge in [0.15, 0.2) is 11.6 Å². The quantitative estimate of drug-likeness (QED) is 0.681. The number of H-pyrrole nitrogens is 1. The zero-order valence-electron chi connectivity index (χ0n) is 16.8. The predicted octanol–water partition coefficient (Wildman–Crippen LogP) is 4.89. The lowest BCUT2D eigenvalue weighted by atomic mass is 9.86. The molecule has 2 atom stereocenters. The highest BCUT2D eigenvalue weighted by Crippen LogP contribution is 2.40. The van der Waals surface area contributed by atoms with Crippen LogP contribution >= 0.6 is 0 Å². The largest absolute Gasteiger partial charge is 0.497 e. The van der Waals surface area contributed by atoms with Crippen molar-refractivity contribution in [1.82, 2.24) is 9.88 Å². The van der Waals surface area contributed by atoms with Crippen LogP contribution in [-0.2, 0) is 6.42 Å². The van der Waals surface area contributed by atoms with Gasteiger partial charge in [0.05, 0.1) is 12.5 Å². The third-order valence-electron chi connectivity index (χ3n) is 6.12. The number of aryl methyl sites for hydroxylation is 1. The first-order chi connectivity index (χ1) is 13.9. The van der Waals surface area contributed by atoms with Crippen LogP contribution in [0.15, 0.2) is 41.2 Å². The first-order valence-electron chi connectivity index (χ1n) is 9.80. The molecular weight excluding hydrogens is 374 g/mol. The Labute approximate surface area is 168 Å². The van der Waals surface area contributed by atoms with Crippen LogP contribution in [0.1, 0.15) is 48.7 Å². The summed E-state index contributed by atoms with van der Waals surface area (Å²) < 4.78 is 33.1. The molecule has 1 aromatic heterocycles. The van der Waals surface area contributed by atoms with E-state index >= 15 is 0 Å². The number of rotatable bonds is 4. The molecule has 0 aliphatic heterocycles. The molecule has 0 radical (unpaired) electrons. The number of methoxy groups -OCH3 is 1. The third kappa shape index (κ3) is 3.42. The second-order valence-electron chi connectivity index (χ2n) is 7.68. The van der Waals surface area contributed by atoms with Gasteiger partial charge in [-0.25, -0.2) is 8.78 Å². The summed E-state index contributed by atoms with van der Waals surface area (Å²) in [4.78, 5) is 17.6. The molecule has 4 rings (SSSR count). The van der Waals surface area contributed by atoms with Crippen molar-refractivity contribution in [3.05, 3.63) is 75.2 Å². The van der Waals surface area contributed by atoms with Crippen LogP contribution < -0.4 is 10.3 Å². The maximum Gasteiger partial charge on any atom is 0.256 e. The monoisotopic (exact) mass is 398 g/mol. The number of fused-ring (bicyclic) bond motifs is 3. The number of hydrogen-bond acceptors (Lipinski definition) is 3. The lowest BCUT2D eigenvalue weighted by Gasteiger charge is -2.37. The van der Waals surface area contributed by atoms with Crippen LogP contribution in [0, 0.1) is 11.6 Å². The van der Waals surface area contributed by atoms with E-state index in [0.717, 1.165) is 47.9 Å². The Morgan fingerprint density at radius 1 is 1.14 bits per heavy atom. The summed E-state index contributed by atoms with van der Waals surface area (Å²) in [6, 6.07) is 10.2. The fourth-order valence-corrected chi connectivity index (χ4v) is 4.38. The molecule has 4 nitrogen and oxygen atoms in total. The van der Waals surface area contributed by atoms with E-state index < -0.39 is 11.6 Å². The smallest absolute Gasteiger partial charge is 0.256 e. The van der Waals surface area contributed by atoms with Crippen molar-refractivity contribution in [2.45, 2.75) is 38.3 Å². The van der Waals surface area contributed by atoms with E-state index in [-0.39, 0.29) is 23.0 Å². The van der Waals surface area contributed by atoms with Crippen molar-refractivity contribution >= 4 is 10.8 Å². The minimum Gasteiger partial charge on any atom is -0.497 e. The molecule has 152 valence electrons. The Morgan fingerprint density at radius 2 is 1.79 bits per heavy atom. The fourth-order valence-electron chi connectivity index (χ4n) is 4.38. The molecule has 2 aromatic carbocycles. The summed E-state index contributed by atoms with van der Waals surface area (Å²) in [5, 5.41) is 0.696. The van der Waals surface area contributed by atoms with E-state index in [1.807, 2.05) is 31.3 Å². The summed E-state index contributed by atoms with van der Waals surface area (Å²) in [5.74, 6) is -1.14. The molecular formula is C23H24F2N2O2. The number of aromatic nitrogens is 1. The molecule has 1 heterocycles. The second-order valence-corrected chi connectivity index (χ2v) is 7.68. The van der Waals surface area contributed by atoms with Crippen molar-refractivity contribution in [1.29, 1.82) is 0 Å². The van der Waals surface area contributed by atoms with Gasteiger partial charge in [0.2, 0.25) is 0 Å². The van der Waals surface area contributed by atoms with Crippen molar-refractivity contribution < 1.29 is 13.5 Å². The van der Waals surface area contributed by atoms with Gasteiger partial charge in [0.1, 0.15) is 5.75 Å². The lowest BCUT2D eigenvalue weighted by Crippen LogP contribution is -2.32. The summed E-state index contributed by atoms with van der Waals surface area (Å²) in [6.45, 7) is 2.12. The normalized spacial score (nSPS) is 17.4. The predicted molar refractivity (Wildman–Crippen MR) is 109 cm³/mol.